The van der Waals surface area contributed by atoms with Gasteiger partial charge in [0.25, 0.3) is 0 Å². The van der Waals surface area contributed by atoms with Crippen molar-refractivity contribution in [2.24, 2.45) is 0 Å². The average Bonchev–Trinajstić information content (AvgIpc) is 2.80. The van der Waals surface area contributed by atoms with Gasteiger partial charge in [0.15, 0.2) is 0 Å². The zero-order chi connectivity index (χ0) is 13.4. The predicted molar refractivity (Wildman–Crippen MR) is 69.9 cm³/mol. The Labute approximate surface area is 109 Å². The molecule has 0 unspecified atom stereocenters. The van der Waals surface area contributed by atoms with Crippen LogP contribution in [0.4, 0.5) is 5.69 Å². The molecule has 19 heavy (non-hydrogen) atoms. The van der Waals surface area contributed by atoms with E-state index in [9.17, 15) is 14.7 Å². The Morgan fingerprint density at radius 2 is 2.16 bits per heavy atom. The predicted octanol–water partition coefficient (Wildman–Crippen LogP) is 1.81. The van der Waals surface area contributed by atoms with Crippen molar-refractivity contribution in [3.8, 4) is 0 Å². The molecule has 1 fully saturated rings. The SMILES string of the molecule is O=C(O)[C@@H]1CCC(=O)N1c1cccc2ncccc12. The largest absolute Gasteiger partial charge is 0.480 e. The first-order valence-corrected chi connectivity index (χ1v) is 6.07. The van der Waals surface area contributed by atoms with E-state index in [1.165, 1.54) is 4.90 Å². The molecular formula is C14H12N2O3. The molecule has 5 heteroatoms. The van der Waals surface area contributed by atoms with Crippen molar-refractivity contribution >= 4 is 28.5 Å². The second kappa shape index (κ2) is 4.35. The van der Waals surface area contributed by atoms with Crippen molar-refractivity contribution in [2.75, 3.05) is 4.90 Å². The first-order valence-electron chi connectivity index (χ1n) is 6.07. The summed E-state index contributed by atoms with van der Waals surface area (Å²) in [7, 11) is 0. The molecule has 1 saturated heterocycles. The number of hydrogen-bond donors (Lipinski definition) is 1. The minimum absolute atomic E-state index is 0.149. The van der Waals surface area contributed by atoms with Crippen LogP contribution in [0.5, 0.6) is 0 Å². The summed E-state index contributed by atoms with van der Waals surface area (Å²) in [5.41, 5.74) is 1.38. The van der Waals surface area contributed by atoms with Gasteiger partial charge in [-0.05, 0) is 30.7 Å². The second-order valence-corrected chi connectivity index (χ2v) is 4.50. The number of carboxylic acids is 1. The molecule has 2 aromatic rings. The third-order valence-corrected chi connectivity index (χ3v) is 3.38. The summed E-state index contributed by atoms with van der Waals surface area (Å²) in [6, 6.07) is 8.25. The molecule has 5 nitrogen and oxygen atoms in total. The Kier molecular flexibility index (Phi) is 2.67. The lowest BCUT2D eigenvalue weighted by molar-refractivity contribution is -0.138. The highest BCUT2D eigenvalue weighted by Crippen LogP contribution is 2.32. The van der Waals surface area contributed by atoms with Crippen LogP contribution in [0.3, 0.4) is 0 Å². The van der Waals surface area contributed by atoms with E-state index in [2.05, 4.69) is 4.98 Å². The Morgan fingerprint density at radius 1 is 1.32 bits per heavy atom. The third kappa shape index (κ3) is 1.83. The van der Waals surface area contributed by atoms with Crippen LogP contribution in [-0.4, -0.2) is 28.0 Å². The number of rotatable bonds is 2. The van der Waals surface area contributed by atoms with Crippen molar-refractivity contribution in [1.82, 2.24) is 4.98 Å². The number of hydrogen-bond acceptors (Lipinski definition) is 3. The minimum Gasteiger partial charge on any atom is -0.480 e. The molecule has 3 rings (SSSR count). The standard InChI is InChI=1S/C14H12N2O3/c17-13-7-6-12(14(18)19)16(13)11-5-1-4-10-9(11)3-2-8-15-10/h1-5,8,12H,6-7H2,(H,18,19)/t12-/m0/s1. The number of amides is 1. The molecule has 0 bridgehead atoms. The zero-order valence-electron chi connectivity index (χ0n) is 10.1. The van der Waals surface area contributed by atoms with Crippen molar-refractivity contribution in [3.05, 3.63) is 36.5 Å². The summed E-state index contributed by atoms with van der Waals surface area (Å²) >= 11 is 0. The number of nitrogens with zero attached hydrogens (tertiary/aromatic N) is 2. The maximum absolute atomic E-state index is 12.0. The normalized spacial score (nSPS) is 19.1. The third-order valence-electron chi connectivity index (χ3n) is 3.38. The van der Waals surface area contributed by atoms with Gasteiger partial charge in [0, 0.05) is 18.0 Å². The van der Waals surface area contributed by atoms with Crippen LogP contribution in [0.15, 0.2) is 36.5 Å². The molecule has 1 atom stereocenters. The molecule has 1 aliphatic heterocycles. The van der Waals surface area contributed by atoms with E-state index in [1.54, 1.807) is 24.4 Å². The van der Waals surface area contributed by atoms with Crippen LogP contribution < -0.4 is 4.90 Å². The maximum Gasteiger partial charge on any atom is 0.326 e. The van der Waals surface area contributed by atoms with Gasteiger partial charge in [0.1, 0.15) is 6.04 Å². The number of aromatic nitrogens is 1. The van der Waals surface area contributed by atoms with Gasteiger partial charge < -0.3 is 5.11 Å². The first-order chi connectivity index (χ1) is 9.18. The van der Waals surface area contributed by atoms with Gasteiger partial charge in [-0.1, -0.05) is 6.07 Å². The molecule has 2 heterocycles. The molecule has 0 aliphatic carbocycles. The van der Waals surface area contributed by atoms with Crippen LogP contribution in [0.25, 0.3) is 10.9 Å². The van der Waals surface area contributed by atoms with E-state index >= 15 is 0 Å². The summed E-state index contributed by atoms with van der Waals surface area (Å²) in [6.07, 6.45) is 2.30. The van der Waals surface area contributed by atoms with Crippen molar-refractivity contribution < 1.29 is 14.7 Å². The van der Waals surface area contributed by atoms with Crippen LogP contribution in [0, 0.1) is 0 Å². The fourth-order valence-electron chi connectivity index (χ4n) is 2.52. The summed E-state index contributed by atoms with van der Waals surface area (Å²) in [4.78, 5) is 28.8. The van der Waals surface area contributed by atoms with E-state index in [0.29, 0.717) is 12.1 Å². The van der Waals surface area contributed by atoms with Gasteiger partial charge >= 0.3 is 5.97 Å². The van der Waals surface area contributed by atoms with Gasteiger partial charge in [-0.2, -0.15) is 0 Å². The summed E-state index contributed by atoms with van der Waals surface area (Å²) in [5.74, 6) is -1.12. The molecule has 1 aromatic carbocycles. The highest BCUT2D eigenvalue weighted by molar-refractivity contribution is 6.08. The van der Waals surface area contributed by atoms with E-state index in [4.69, 9.17) is 0 Å². The Balaban J connectivity index is 2.18. The number of anilines is 1. The van der Waals surface area contributed by atoms with Gasteiger partial charge in [0.2, 0.25) is 5.91 Å². The number of carboxylic acid groups (broad SMARTS) is 1. The molecular weight excluding hydrogens is 244 g/mol. The highest BCUT2D eigenvalue weighted by Gasteiger charge is 2.37. The number of benzene rings is 1. The monoisotopic (exact) mass is 256 g/mol. The van der Waals surface area contributed by atoms with Crippen LogP contribution in [0.1, 0.15) is 12.8 Å². The molecule has 1 aliphatic rings. The van der Waals surface area contributed by atoms with Gasteiger partial charge in [0.05, 0.1) is 11.2 Å². The topological polar surface area (TPSA) is 70.5 Å². The first kappa shape index (κ1) is 11.6. The van der Waals surface area contributed by atoms with Crippen LogP contribution in [0.2, 0.25) is 0 Å². The van der Waals surface area contributed by atoms with Gasteiger partial charge in [-0.3, -0.25) is 14.7 Å². The molecule has 1 aromatic heterocycles. The molecule has 0 radical (unpaired) electrons. The molecule has 0 spiro atoms. The molecule has 1 amide bonds. The van der Waals surface area contributed by atoms with E-state index in [1.807, 2.05) is 12.1 Å². The molecule has 1 N–H and O–H groups in total. The molecule has 0 saturated carbocycles. The number of pyridine rings is 1. The quantitative estimate of drug-likeness (QED) is 0.889. The van der Waals surface area contributed by atoms with E-state index < -0.39 is 12.0 Å². The molecule has 96 valence electrons. The zero-order valence-corrected chi connectivity index (χ0v) is 10.1. The van der Waals surface area contributed by atoms with Crippen molar-refractivity contribution in [1.29, 1.82) is 0 Å². The van der Waals surface area contributed by atoms with Crippen molar-refractivity contribution in [2.45, 2.75) is 18.9 Å². The van der Waals surface area contributed by atoms with E-state index in [-0.39, 0.29) is 12.3 Å². The number of carbonyl (C=O) groups is 2. The lowest BCUT2D eigenvalue weighted by atomic mass is 10.1. The second-order valence-electron chi connectivity index (χ2n) is 4.50. The minimum atomic E-state index is -0.966. The summed E-state index contributed by atoms with van der Waals surface area (Å²) in [5, 5.41) is 10.0. The van der Waals surface area contributed by atoms with Crippen LogP contribution in [-0.2, 0) is 9.59 Å². The average molecular weight is 256 g/mol. The summed E-state index contributed by atoms with van der Waals surface area (Å²) in [6.45, 7) is 0. The van der Waals surface area contributed by atoms with Crippen molar-refractivity contribution in [3.63, 3.8) is 0 Å². The Hall–Kier alpha value is -2.43. The fraction of sp³-hybridized carbons (Fsp3) is 0.214. The van der Waals surface area contributed by atoms with E-state index in [0.717, 1.165) is 10.9 Å². The Bertz CT molecular complexity index is 663. The summed E-state index contributed by atoms with van der Waals surface area (Å²) < 4.78 is 0. The number of fused-ring (bicyclic) bond motifs is 1. The smallest absolute Gasteiger partial charge is 0.326 e. The maximum atomic E-state index is 12.0. The fourth-order valence-corrected chi connectivity index (χ4v) is 2.52. The highest BCUT2D eigenvalue weighted by atomic mass is 16.4. The Morgan fingerprint density at radius 3 is 2.95 bits per heavy atom. The lowest BCUT2D eigenvalue weighted by Gasteiger charge is -2.23. The van der Waals surface area contributed by atoms with Gasteiger partial charge in [-0.15, -0.1) is 0 Å². The van der Waals surface area contributed by atoms with Crippen LogP contribution >= 0.6 is 0 Å². The number of carbonyl (C=O) groups excluding carboxylic acids is 1. The lowest BCUT2D eigenvalue weighted by Crippen LogP contribution is -2.38. The van der Waals surface area contributed by atoms with Gasteiger partial charge in [-0.25, -0.2) is 4.79 Å². The number of aliphatic carboxylic acids is 1.